The van der Waals surface area contributed by atoms with Crippen molar-refractivity contribution in [3.05, 3.63) is 0 Å². The van der Waals surface area contributed by atoms with E-state index in [1.54, 1.807) is 0 Å². The number of nitrogens with one attached hydrogen (secondary N) is 1. The van der Waals surface area contributed by atoms with Crippen molar-refractivity contribution < 1.29 is 16.1 Å². The summed E-state index contributed by atoms with van der Waals surface area (Å²) in [5, 5.41) is 11.8. The van der Waals surface area contributed by atoms with Crippen molar-refractivity contribution in [1.82, 2.24) is 5.32 Å². The van der Waals surface area contributed by atoms with Crippen molar-refractivity contribution in [1.29, 1.82) is 0 Å². The number of rotatable bonds is 5. The number of carbonyl (C=O) groups is 2. The molecule has 0 radical (unpaired) electrons. The van der Waals surface area contributed by atoms with Crippen LogP contribution in [-0.4, -0.2) is 38.0 Å². The van der Waals surface area contributed by atoms with Gasteiger partial charge in [0.2, 0.25) is 0 Å². The van der Waals surface area contributed by atoms with E-state index in [4.69, 9.17) is 6.48 Å². The second kappa shape index (κ2) is 6.03. The van der Waals surface area contributed by atoms with Crippen LogP contribution in [0.25, 0.3) is 0 Å². The summed E-state index contributed by atoms with van der Waals surface area (Å²) in [7, 11) is 0. The summed E-state index contributed by atoms with van der Waals surface area (Å²) in [4.78, 5) is 21.3. The molecule has 2 N–H and O–H groups in total. The van der Waals surface area contributed by atoms with Crippen LogP contribution in [0.2, 0.25) is 11.1 Å². The van der Waals surface area contributed by atoms with E-state index in [9.17, 15) is 9.59 Å². The number of carbonyl (C=O) groups excluding carboxylic acids is 1. The zero-order valence-electron chi connectivity index (χ0n) is 7.87. The molecule has 0 rings (SSSR count). The van der Waals surface area contributed by atoms with Crippen LogP contribution in [0.4, 0.5) is 0 Å². The number of hydrogen-bond acceptors (Lipinski definition) is 2. The fraction of sp³-hybridized carbons (Fsp3) is 0.714. The van der Waals surface area contributed by atoms with Gasteiger partial charge in [0.25, 0.3) is 0 Å². The van der Waals surface area contributed by atoms with Crippen LogP contribution in [0.3, 0.4) is 0 Å². The summed E-state index contributed by atoms with van der Waals surface area (Å²) in [6.45, 7) is -0.416. The first-order valence-corrected chi connectivity index (χ1v) is 6.34. The molecule has 0 aliphatic heterocycles. The van der Waals surface area contributed by atoms with Crippen molar-refractivity contribution in [3.8, 4) is 0 Å². The maximum atomic E-state index is 10.7. The summed E-state index contributed by atoms with van der Waals surface area (Å²) in [6, 6.07) is -0.820. The first-order valence-electron chi connectivity index (χ1n) is 4.13. The van der Waals surface area contributed by atoms with E-state index < -0.39 is 24.8 Å². The average Bonchev–Trinajstić information content (AvgIpc) is 2.11. The summed E-state index contributed by atoms with van der Waals surface area (Å²) in [6.07, 6.45) is 0.456. The molecule has 70 valence electrons. The van der Waals surface area contributed by atoms with E-state index in [1.807, 2.05) is 5.82 Å². The Morgan fingerprint density at radius 1 is 1.75 bits per heavy atom. The van der Waals surface area contributed by atoms with Gasteiger partial charge in [-0.2, -0.15) is 0 Å². The van der Waals surface area contributed by atoms with Gasteiger partial charge in [-0.3, -0.25) is 0 Å². The van der Waals surface area contributed by atoms with Crippen LogP contribution in [0, 0.1) is 0 Å². The first kappa shape index (κ1) is 9.55. The SMILES string of the molecule is [2H]CC(=O)N[C@@H](CC[Se]C)C(=O)O. The fourth-order valence-corrected chi connectivity index (χ4v) is 1.68. The van der Waals surface area contributed by atoms with Crippen LogP contribution < -0.4 is 5.32 Å². The third-order valence-corrected chi connectivity index (χ3v) is 2.60. The molecule has 0 aliphatic carbocycles. The molecule has 0 fully saturated rings. The van der Waals surface area contributed by atoms with Gasteiger partial charge < -0.3 is 0 Å². The Kier molecular flexibility index (Phi) is 4.80. The van der Waals surface area contributed by atoms with Crippen molar-refractivity contribution in [2.45, 2.75) is 30.5 Å². The molecule has 0 heterocycles. The molecule has 0 aliphatic rings. The van der Waals surface area contributed by atoms with Gasteiger partial charge >= 0.3 is 78.7 Å². The van der Waals surface area contributed by atoms with E-state index in [1.165, 1.54) is 0 Å². The minimum atomic E-state index is -1.02. The Labute approximate surface area is 79.3 Å². The topological polar surface area (TPSA) is 66.4 Å². The van der Waals surface area contributed by atoms with Crippen molar-refractivity contribution in [3.63, 3.8) is 0 Å². The molecule has 1 amide bonds. The normalized spacial score (nSPS) is 13.2. The molecule has 0 aromatic carbocycles. The molecular weight excluding hydrogens is 225 g/mol. The molecule has 0 spiro atoms. The number of amides is 1. The standard InChI is InChI=1S/C7H13NO3Se/c1-5(9)8-6(7(10)11)3-4-12-2/h6H,3-4H2,1-2H3,(H,8,9)(H,10,11)/t6-/m0/s1/i1D. The Balaban J connectivity index is 3.94. The third-order valence-electron chi connectivity index (χ3n) is 1.24. The molecule has 0 unspecified atom stereocenters. The van der Waals surface area contributed by atoms with E-state index >= 15 is 0 Å². The summed E-state index contributed by atoms with van der Waals surface area (Å²) < 4.78 is 6.72. The number of carboxylic acids is 1. The van der Waals surface area contributed by atoms with Crippen LogP contribution in [0.1, 0.15) is 14.7 Å². The van der Waals surface area contributed by atoms with Crippen molar-refractivity contribution >= 4 is 26.8 Å². The van der Waals surface area contributed by atoms with Crippen LogP contribution in [-0.2, 0) is 9.59 Å². The Hall–Kier alpha value is -0.541. The molecule has 0 saturated heterocycles. The summed E-state index contributed by atoms with van der Waals surface area (Å²) >= 11 is 0.416. The van der Waals surface area contributed by atoms with E-state index in [0.717, 1.165) is 5.32 Å². The summed E-state index contributed by atoms with van der Waals surface area (Å²) in [5.41, 5.74) is 0. The predicted octanol–water partition coefficient (Wildman–Crippen LogP) is 0.136. The molecule has 0 saturated carbocycles. The first-order chi connectivity index (χ1) is 6.11. The molecular formula is C7H13NO3Se. The second-order valence-electron chi connectivity index (χ2n) is 2.24. The van der Waals surface area contributed by atoms with Gasteiger partial charge in [0, 0.05) is 0 Å². The van der Waals surface area contributed by atoms with Crippen LogP contribution in [0.15, 0.2) is 0 Å². The Bertz CT molecular complexity index is 189. The van der Waals surface area contributed by atoms with Crippen molar-refractivity contribution in [2.24, 2.45) is 0 Å². The predicted molar refractivity (Wildman–Crippen MR) is 46.3 cm³/mol. The van der Waals surface area contributed by atoms with Gasteiger partial charge in [0.05, 0.1) is 0 Å². The third kappa shape index (κ3) is 5.15. The van der Waals surface area contributed by atoms with Gasteiger partial charge in [-0.05, 0) is 0 Å². The quantitative estimate of drug-likeness (QED) is 0.670. The van der Waals surface area contributed by atoms with Gasteiger partial charge in [0.15, 0.2) is 0 Å². The average molecular weight is 239 g/mol. The molecule has 5 heteroatoms. The van der Waals surface area contributed by atoms with E-state index in [-0.39, 0.29) is 0 Å². The summed E-state index contributed by atoms with van der Waals surface area (Å²) in [5.74, 6) is 0.458. The zero-order valence-corrected chi connectivity index (χ0v) is 8.58. The van der Waals surface area contributed by atoms with Crippen molar-refractivity contribution in [2.75, 3.05) is 0 Å². The molecule has 4 nitrogen and oxygen atoms in total. The van der Waals surface area contributed by atoms with Gasteiger partial charge in [0.1, 0.15) is 0 Å². The van der Waals surface area contributed by atoms with Gasteiger partial charge in [-0.25, -0.2) is 0 Å². The van der Waals surface area contributed by atoms with E-state index in [0.29, 0.717) is 21.4 Å². The van der Waals surface area contributed by atoms with E-state index in [2.05, 4.69) is 5.32 Å². The molecule has 0 bridgehead atoms. The number of hydrogen-bond donors (Lipinski definition) is 2. The van der Waals surface area contributed by atoms with Crippen LogP contribution >= 0.6 is 0 Å². The van der Waals surface area contributed by atoms with Gasteiger partial charge in [-0.15, -0.1) is 0 Å². The molecule has 12 heavy (non-hydrogen) atoms. The minimum absolute atomic E-state index is 0.416. The zero-order chi connectivity index (χ0) is 10.3. The second-order valence-corrected chi connectivity index (χ2v) is 4.31. The van der Waals surface area contributed by atoms with Crippen LogP contribution in [0.5, 0.6) is 0 Å². The molecule has 1 atom stereocenters. The maximum absolute atomic E-state index is 10.7. The molecule has 0 aromatic heterocycles. The monoisotopic (exact) mass is 240 g/mol. The number of aliphatic carboxylic acids is 1. The Morgan fingerprint density at radius 3 is 2.83 bits per heavy atom. The number of carboxylic acid groups (broad SMARTS) is 1. The Morgan fingerprint density at radius 2 is 2.42 bits per heavy atom. The molecule has 0 aromatic rings. The fourth-order valence-electron chi connectivity index (χ4n) is 0.687. The van der Waals surface area contributed by atoms with Gasteiger partial charge in [-0.1, -0.05) is 0 Å².